The van der Waals surface area contributed by atoms with Gasteiger partial charge < -0.3 is 5.32 Å². The average Bonchev–Trinajstić information content (AvgIpc) is 2.92. The maximum Gasteiger partial charge on any atom is 0.230 e. The predicted molar refractivity (Wildman–Crippen MR) is 92.8 cm³/mol. The fourth-order valence-corrected chi connectivity index (χ4v) is 3.39. The standard InChI is InChI=1S/C17H15ClN2OS/c1-2-11-6-8-12(9-7-11)10-15(21)19-17-20-16-13(18)4-3-5-14(16)22-17/h3-9H,2,10H2,1H3,(H,19,20,21). The van der Waals surface area contributed by atoms with Crippen molar-refractivity contribution in [2.45, 2.75) is 19.8 Å². The maximum absolute atomic E-state index is 12.1. The number of rotatable bonds is 4. The molecule has 1 amide bonds. The summed E-state index contributed by atoms with van der Waals surface area (Å²) in [6.45, 7) is 2.11. The second kappa shape index (κ2) is 6.46. The Morgan fingerprint density at radius 2 is 1.91 bits per heavy atom. The van der Waals surface area contributed by atoms with Crippen LogP contribution in [0.5, 0.6) is 0 Å². The highest BCUT2D eigenvalue weighted by atomic mass is 35.5. The van der Waals surface area contributed by atoms with Gasteiger partial charge in [0.1, 0.15) is 5.52 Å². The first-order valence-electron chi connectivity index (χ1n) is 7.08. The van der Waals surface area contributed by atoms with E-state index in [-0.39, 0.29) is 5.91 Å². The number of amides is 1. The molecular formula is C17H15ClN2OS. The van der Waals surface area contributed by atoms with Crippen LogP contribution in [-0.4, -0.2) is 10.9 Å². The van der Waals surface area contributed by atoms with Gasteiger partial charge in [0.15, 0.2) is 5.13 Å². The van der Waals surface area contributed by atoms with E-state index < -0.39 is 0 Å². The summed E-state index contributed by atoms with van der Waals surface area (Å²) in [5.41, 5.74) is 3.00. The van der Waals surface area contributed by atoms with E-state index in [2.05, 4.69) is 29.4 Å². The van der Waals surface area contributed by atoms with E-state index in [0.717, 1.165) is 22.2 Å². The molecule has 1 N–H and O–H groups in total. The molecule has 0 atom stereocenters. The van der Waals surface area contributed by atoms with Crippen LogP contribution in [0.4, 0.5) is 5.13 Å². The molecule has 1 aromatic heterocycles. The summed E-state index contributed by atoms with van der Waals surface area (Å²) in [6.07, 6.45) is 1.34. The lowest BCUT2D eigenvalue weighted by atomic mass is 10.1. The molecule has 0 radical (unpaired) electrons. The number of nitrogens with one attached hydrogen (secondary N) is 1. The Balaban J connectivity index is 1.71. The second-order valence-corrected chi connectivity index (χ2v) is 6.44. The first-order valence-corrected chi connectivity index (χ1v) is 8.28. The molecule has 0 spiro atoms. The number of hydrogen-bond donors (Lipinski definition) is 1. The average molecular weight is 331 g/mol. The molecule has 1 heterocycles. The Hall–Kier alpha value is -1.91. The number of nitrogens with zero attached hydrogens (tertiary/aromatic N) is 1. The number of thiazole rings is 1. The zero-order chi connectivity index (χ0) is 15.5. The van der Waals surface area contributed by atoms with Crippen molar-refractivity contribution in [3.05, 3.63) is 58.6 Å². The summed E-state index contributed by atoms with van der Waals surface area (Å²) in [6, 6.07) is 13.7. The lowest BCUT2D eigenvalue weighted by Crippen LogP contribution is -2.14. The van der Waals surface area contributed by atoms with Crippen molar-refractivity contribution in [3.8, 4) is 0 Å². The van der Waals surface area contributed by atoms with Crippen LogP contribution in [0.15, 0.2) is 42.5 Å². The van der Waals surface area contributed by atoms with Gasteiger partial charge in [-0.15, -0.1) is 0 Å². The van der Waals surface area contributed by atoms with Crippen molar-refractivity contribution in [2.24, 2.45) is 0 Å². The summed E-state index contributed by atoms with van der Waals surface area (Å²) in [4.78, 5) is 16.5. The van der Waals surface area contributed by atoms with Crippen LogP contribution in [0, 0.1) is 0 Å². The number of halogens is 1. The van der Waals surface area contributed by atoms with Crippen LogP contribution in [0.25, 0.3) is 10.2 Å². The molecule has 2 aromatic carbocycles. The first kappa shape index (κ1) is 15.0. The van der Waals surface area contributed by atoms with E-state index in [1.54, 1.807) is 6.07 Å². The van der Waals surface area contributed by atoms with Gasteiger partial charge >= 0.3 is 0 Å². The smallest absolute Gasteiger partial charge is 0.230 e. The minimum absolute atomic E-state index is 0.0700. The van der Waals surface area contributed by atoms with Crippen molar-refractivity contribution in [2.75, 3.05) is 5.32 Å². The molecule has 0 unspecified atom stereocenters. The molecular weight excluding hydrogens is 316 g/mol. The van der Waals surface area contributed by atoms with Crippen molar-refractivity contribution in [1.82, 2.24) is 4.98 Å². The number of carbonyl (C=O) groups is 1. The number of anilines is 1. The molecule has 0 saturated heterocycles. The van der Waals surface area contributed by atoms with Crippen LogP contribution in [0.3, 0.4) is 0 Å². The van der Waals surface area contributed by atoms with Crippen molar-refractivity contribution >= 4 is 44.2 Å². The molecule has 0 aliphatic carbocycles. The molecule has 3 aromatic rings. The zero-order valence-corrected chi connectivity index (χ0v) is 13.7. The van der Waals surface area contributed by atoms with Crippen molar-refractivity contribution < 1.29 is 4.79 Å². The number of hydrogen-bond acceptors (Lipinski definition) is 3. The Bertz CT molecular complexity index is 811. The van der Waals surface area contributed by atoms with Crippen molar-refractivity contribution in [3.63, 3.8) is 0 Å². The fraction of sp³-hybridized carbons (Fsp3) is 0.176. The number of para-hydroxylation sites is 1. The zero-order valence-electron chi connectivity index (χ0n) is 12.1. The summed E-state index contributed by atoms with van der Waals surface area (Å²) >= 11 is 7.53. The van der Waals surface area contributed by atoms with Gasteiger partial charge in [-0.05, 0) is 29.7 Å². The second-order valence-electron chi connectivity index (χ2n) is 5.00. The third-order valence-electron chi connectivity index (χ3n) is 3.41. The Labute approximate surface area is 138 Å². The molecule has 0 saturated carbocycles. The largest absolute Gasteiger partial charge is 0.302 e. The van der Waals surface area contributed by atoms with Crippen molar-refractivity contribution in [1.29, 1.82) is 0 Å². The summed E-state index contributed by atoms with van der Waals surface area (Å²) in [5.74, 6) is -0.0700. The van der Waals surface area contributed by atoms with E-state index in [1.165, 1.54) is 16.9 Å². The van der Waals surface area contributed by atoms with Crippen LogP contribution < -0.4 is 5.32 Å². The van der Waals surface area contributed by atoms with Gasteiger partial charge in [0.05, 0.1) is 16.1 Å². The molecule has 112 valence electrons. The van der Waals surface area contributed by atoms with E-state index in [0.29, 0.717) is 16.6 Å². The van der Waals surface area contributed by atoms with Crippen LogP contribution >= 0.6 is 22.9 Å². The highest BCUT2D eigenvalue weighted by Crippen LogP contribution is 2.30. The number of carbonyl (C=O) groups excluding carboxylic acids is 1. The molecule has 3 nitrogen and oxygen atoms in total. The van der Waals surface area contributed by atoms with Crippen LogP contribution in [0.1, 0.15) is 18.1 Å². The number of aromatic nitrogens is 1. The molecule has 3 rings (SSSR count). The number of aryl methyl sites for hydroxylation is 1. The highest BCUT2D eigenvalue weighted by Gasteiger charge is 2.10. The SMILES string of the molecule is CCc1ccc(CC(=O)Nc2nc3c(Cl)cccc3s2)cc1. The van der Waals surface area contributed by atoms with Gasteiger partial charge in [-0.1, -0.05) is 60.2 Å². The highest BCUT2D eigenvalue weighted by molar-refractivity contribution is 7.22. The van der Waals surface area contributed by atoms with Gasteiger partial charge in [0.25, 0.3) is 0 Å². The third-order valence-corrected chi connectivity index (χ3v) is 4.65. The van der Waals surface area contributed by atoms with Gasteiger partial charge in [-0.3, -0.25) is 4.79 Å². The number of benzene rings is 2. The third kappa shape index (κ3) is 3.29. The van der Waals surface area contributed by atoms with Gasteiger partial charge in [-0.25, -0.2) is 4.98 Å². The van der Waals surface area contributed by atoms with Gasteiger partial charge in [-0.2, -0.15) is 0 Å². The fourth-order valence-electron chi connectivity index (χ4n) is 2.21. The molecule has 22 heavy (non-hydrogen) atoms. The minimum atomic E-state index is -0.0700. The molecule has 5 heteroatoms. The Morgan fingerprint density at radius 1 is 1.18 bits per heavy atom. The molecule has 0 bridgehead atoms. The predicted octanol–water partition coefficient (Wildman–Crippen LogP) is 4.69. The molecule has 0 aliphatic heterocycles. The normalized spacial score (nSPS) is 10.8. The molecule has 0 aliphatic rings. The van der Waals surface area contributed by atoms with Gasteiger partial charge in [0, 0.05) is 0 Å². The van der Waals surface area contributed by atoms with E-state index in [9.17, 15) is 4.79 Å². The van der Waals surface area contributed by atoms with Crippen LogP contribution in [0.2, 0.25) is 5.02 Å². The summed E-state index contributed by atoms with van der Waals surface area (Å²) < 4.78 is 0.968. The maximum atomic E-state index is 12.1. The lowest BCUT2D eigenvalue weighted by Gasteiger charge is -2.03. The summed E-state index contributed by atoms with van der Waals surface area (Å²) in [5, 5.41) is 4.03. The first-order chi connectivity index (χ1) is 10.7. The topological polar surface area (TPSA) is 42.0 Å². The van der Waals surface area contributed by atoms with Gasteiger partial charge in [0.2, 0.25) is 5.91 Å². The van der Waals surface area contributed by atoms with Crippen LogP contribution in [-0.2, 0) is 17.6 Å². The van der Waals surface area contributed by atoms with E-state index in [4.69, 9.17) is 11.6 Å². The quantitative estimate of drug-likeness (QED) is 0.753. The van der Waals surface area contributed by atoms with E-state index >= 15 is 0 Å². The minimum Gasteiger partial charge on any atom is -0.302 e. The summed E-state index contributed by atoms with van der Waals surface area (Å²) in [7, 11) is 0. The monoisotopic (exact) mass is 330 g/mol. The lowest BCUT2D eigenvalue weighted by molar-refractivity contribution is -0.115. The van der Waals surface area contributed by atoms with E-state index in [1.807, 2.05) is 24.3 Å². The molecule has 0 fully saturated rings. The Kier molecular flexibility index (Phi) is 4.41. The Morgan fingerprint density at radius 3 is 2.59 bits per heavy atom. The number of fused-ring (bicyclic) bond motifs is 1.